The molecule has 0 unspecified atom stereocenters. The molecule has 0 bridgehead atoms. The summed E-state index contributed by atoms with van der Waals surface area (Å²) in [6.07, 6.45) is 1.50. The fourth-order valence-corrected chi connectivity index (χ4v) is 2.12. The van der Waals surface area contributed by atoms with Gasteiger partial charge in [0.2, 0.25) is 0 Å². The number of ether oxygens (including phenoxy) is 3. The van der Waals surface area contributed by atoms with E-state index < -0.39 is 5.91 Å². The maximum absolute atomic E-state index is 12.4. The van der Waals surface area contributed by atoms with Crippen LogP contribution in [0.5, 0.6) is 17.2 Å². The number of carbonyl (C=O) groups is 1. The largest absolute Gasteiger partial charge is 0.497 e. The Hall–Kier alpha value is -3.46. The van der Waals surface area contributed by atoms with Crippen LogP contribution in [0.15, 0.2) is 48.0 Å². The van der Waals surface area contributed by atoms with E-state index in [0.29, 0.717) is 28.5 Å². The summed E-state index contributed by atoms with van der Waals surface area (Å²) < 4.78 is 15.4. The van der Waals surface area contributed by atoms with Gasteiger partial charge in [-0.05, 0) is 35.9 Å². The second kappa shape index (κ2) is 8.41. The van der Waals surface area contributed by atoms with Crippen molar-refractivity contribution in [3.8, 4) is 23.3 Å². The molecule has 0 spiro atoms. The SMILES string of the molecule is COc1ccc(C=C(C#N)C(=O)Nc2cc(OC)ccc2OC)cc1. The van der Waals surface area contributed by atoms with Crippen LogP contribution in [0.2, 0.25) is 0 Å². The molecular weight excluding hydrogens is 320 g/mol. The molecule has 1 amide bonds. The highest BCUT2D eigenvalue weighted by molar-refractivity contribution is 6.10. The molecule has 2 aromatic carbocycles. The zero-order valence-electron chi connectivity index (χ0n) is 14.2. The van der Waals surface area contributed by atoms with Crippen LogP contribution in [0, 0.1) is 11.3 Å². The number of amides is 1. The van der Waals surface area contributed by atoms with Crippen molar-refractivity contribution in [2.45, 2.75) is 0 Å². The minimum atomic E-state index is -0.537. The summed E-state index contributed by atoms with van der Waals surface area (Å²) in [5.74, 6) is 1.19. The molecule has 0 saturated heterocycles. The molecule has 1 N–H and O–H groups in total. The van der Waals surface area contributed by atoms with Gasteiger partial charge in [0.05, 0.1) is 27.0 Å². The van der Waals surface area contributed by atoms with Crippen molar-refractivity contribution in [3.63, 3.8) is 0 Å². The average molecular weight is 338 g/mol. The lowest BCUT2D eigenvalue weighted by molar-refractivity contribution is -0.112. The van der Waals surface area contributed by atoms with Gasteiger partial charge in [-0.2, -0.15) is 5.26 Å². The quantitative estimate of drug-likeness (QED) is 0.646. The third-order valence-electron chi connectivity index (χ3n) is 3.45. The van der Waals surface area contributed by atoms with Gasteiger partial charge in [-0.1, -0.05) is 12.1 Å². The number of rotatable bonds is 6. The first-order valence-electron chi connectivity index (χ1n) is 7.40. The van der Waals surface area contributed by atoms with Gasteiger partial charge in [0.25, 0.3) is 5.91 Å². The summed E-state index contributed by atoms with van der Waals surface area (Å²) in [4.78, 5) is 12.4. The van der Waals surface area contributed by atoms with Crippen LogP contribution in [0.1, 0.15) is 5.56 Å². The lowest BCUT2D eigenvalue weighted by Gasteiger charge is -2.11. The predicted octanol–water partition coefficient (Wildman–Crippen LogP) is 3.26. The maximum Gasteiger partial charge on any atom is 0.266 e. The molecule has 0 aliphatic carbocycles. The van der Waals surface area contributed by atoms with E-state index in [1.807, 2.05) is 6.07 Å². The number of hydrogen-bond donors (Lipinski definition) is 1. The average Bonchev–Trinajstić information content (AvgIpc) is 2.66. The minimum absolute atomic E-state index is 0.0324. The van der Waals surface area contributed by atoms with Crippen LogP contribution >= 0.6 is 0 Å². The highest BCUT2D eigenvalue weighted by Gasteiger charge is 2.13. The molecule has 0 radical (unpaired) electrons. The summed E-state index contributed by atoms with van der Waals surface area (Å²) >= 11 is 0. The molecule has 128 valence electrons. The number of nitriles is 1. The van der Waals surface area contributed by atoms with Crippen LogP contribution in [0.3, 0.4) is 0 Å². The van der Waals surface area contributed by atoms with E-state index in [1.54, 1.807) is 49.6 Å². The van der Waals surface area contributed by atoms with Gasteiger partial charge in [-0.15, -0.1) is 0 Å². The number of hydrogen-bond acceptors (Lipinski definition) is 5. The molecule has 2 rings (SSSR count). The molecule has 25 heavy (non-hydrogen) atoms. The van der Waals surface area contributed by atoms with E-state index in [4.69, 9.17) is 14.2 Å². The monoisotopic (exact) mass is 338 g/mol. The lowest BCUT2D eigenvalue weighted by Crippen LogP contribution is -2.14. The first kappa shape index (κ1) is 17.9. The molecule has 0 fully saturated rings. The molecule has 0 saturated carbocycles. The van der Waals surface area contributed by atoms with Crippen molar-refractivity contribution < 1.29 is 19.0 Å². The molecule has 0 aromatic heterocycles. The Labute approximate surface area is 146 Å². The molecule has 6 nitrogen and oxygen atoms in total. The molecule has 6 heteroatoms. The van der Waals surface area contributed by atoms with Gasteiger partial charge in [0, 0.05) is 6.07 Å². The summed E-state index contributed by atoms with van der Waals surface area (Å²) in [5.41, 5.74) is 1.10. The topological polar surface area (TPSA) is 80.6 Å². The highest BCUT2D eigenvalue weighted by atomic mass is 16.5. The van der Waals surface area contributed by atoms with E-state index in [-0.39, 0.29) is 5.57 Å². The zero-order chi connectivity index (χ0) is 18.2. The van der Waals surface area contributed by atoms with Crippen molar-refractivity contribution in [1.82, 2.24) is 0 Å². The minimum Gasteiger partial charge on any atom is -0.497 e. The summed E-state index contributed by atoms with van der Waals surface area (Å²) in [7, 11) is 4.59. The number of anilines is 1. The molecule has 0 aliphatic heterocycles. The lowest BCUT2D eigenvalue weighted by atomic mass is 10.1. The summed E-state index contributed by atoms with van der Waals surface area (Å²) in [6.45, 7) is 0. The van der Waals surface area contributed by atoms with Crippen LogP contribution < -0.4 is 19.5 Å². The standard InChI is InChI=1S/C19H18N2O4/c1-23-15-6-4-13(5-7-15)10-14(12-20)19(22)21-17-11-16(24-2)8-9-18(17)25-3/h4-11H,1-3H3,(H,21,22). The third kappa shape index (κ3) is 4.52. The van der Waals surface area contributed by atoms with Gasteiger partial charge in [0.15, 0.2) is 0 Å². The maximum atomic E-state index is 12.4. The number of nitrogens with zero attached hydrogens (tertiary/aromatic N) is 1. The first-order valence-corrected chi connectivity index (χ1v) is 7.40. The van der Waals surface area contributed by atoms with Gasteiger partial charge >= 0.3 is 0 Å². The van der Waals surface area contributed by atoms with E-state index in [1.165, 1.54) is 20.3 Å². The van der Waals surface area contributed by atoms with Crippen molar-refractivity contribution in [1.29, 1.82) is 5.26 Å². The second-order valence-corrected chi connectivity index (χ2v) is 4.96. The highest BCUT2D eigenvalue weighted by Crippen LogP contribution is 2.29. The number of benzene rings is 2. The van der Waals surface area contributed by atoms with Crippen LogP contribution in [0.25, 0.3) is 6.08 Å². The summed E-state index contributed by atoms with van der Waals surface area (Å²) in [5, 5.41) is 12.0. The predicted molar refractivity (Wildman–Crippen MR) is 94.8 cm³/mol. The molecule has 0 aliphatic rings. The van der Waals surface area contributed by atoms with Crippen molar-refractivity contribution in [3.05, 3.63) is 53.6 Å². The van der Waals surface area contributed by atoms with Crippen LogP contribution in [0.4, 0.5) is 5.69 Å². The smallest absolute Gasteiger partial charge is 0.266 e. The zero-order valence-corrected chi connectivity index (χ0v) is 14.2. The van der Waals surface area contributed by atoms with Crippen molar-refractivity contribution >= 4 is 17.7 Å². The van der Waals surface area contributed by atoms with Crippen LogP contribution in [-0.4, -0.2) is 27.2 Å². The number of methoxy groups -OCH3 is 3. The number of carbonyl (C=O) groups excluding carboxylic acids is 1. The normalized spacial score (nSPS) is 10.6. The van der Waals surface area contributed by atoms with E-state index >= 15 is 0 Å². The third-order valence-corrected chi connectivity index (χ3v) is 3.45. The Morgan fingerprint density at radius 1 is 1.00 bits per heavy atom. The first-order chi connectivity index (χ1) is 12.1. The van der Waals surface area contributed by atoms with Crippen molar-refractivity contribution in [2.75, 3.05) is 26.6 Å². The Kier molecular flexibility index (Phi) is 6.02. The van der Waals surface area contributed by atoms with Gasteiger partial charge in [-0.3, -0.25) is 4.79 Å². The van der Waals surface area contributed by atoms with E-state index in [0.717, 1.165) is 0 Å². The van der Waals surface area contributed by atoms with Crippen LogP contribution in [-0.2, 0) is 4.79 Å². The van der Waals surface area contributed by atoms with Crippen molar-refractivity contribution in [2.24, 2.45) is 0 Å². The Morgan fingerprint density at radius 3 is 2.20 bits per heavy atom. The van der Waals surface area contributed by atoms with Gasteiger partial charge in [0.1, 0.15) is 28.9 Å². The number of nitrogens with one attached hydrogen (secondary N) is 1. The second-order valence-electron chi connectivity index (χ2n) is 4.96. The Morgan fingerprint density at radius 2 is 1.64 bits per heavy atom. The van der Waals surface area contributed by atoms with Gasteiger partial charge in [-0.25, -0.2) is 0 Å². The Balaban J connectivity index is 2.25. The fraction of sp³-hybridized carbons (Fsp3) is 0.158. The van der Waals surface area contributed by atoms with Gasteiger partial charge < -0.3 is 19.5 Å². The molecular formula is C19H18N2O4. The fourth-order valence-electron chi connectivity index (χ4n) is 2.12. The Bertz CT molecular complexity index is 820. The molecule has 2 aromatic rings. The summed E-state index contributed by atoms with van der Waals surface area (Å²) in [6, 6.07) is 14.0. The van der Waals surface area contributed by atoms with E-state index in [9.17, 15) is 10.1 Å². The molecule has 0 atom stereocenters. The molecule has 0 heterocycles. The van der Waals surface area contributed by atoms with E-state index in [2.05, 4.69) is 5.32 Å².